The number of amides is 6. The monoisotopic (exact) mass is 980 g/mol. The van der Waals surface area contributed by atoms with Crippen molar-refractivity contribution < 1.29 is 46.7 Å². The third kappa shape index (κ3) is 14.6. The van der Waals surface area contributed by atoms with E-state index < -0.39 is 23.7 Å². The van der Waals surface area contributed by atoms with Gasteiger partial charge in [-0.15, -0.1) is 0 Å². The van der Waals surface area contributed by atoms with Gasteiger partial charge in [-0.25, -0.2) is 9.97 Å². The van der Waals surface area contributed by atoms with E-state index in [0.29, 0.717) is 83.3 Å². The van der Waals surface area contributed by atoms with Gasteiger partial charge in [0.1, 0.15) is 18.2 Å². The van der Waals surface area contributed by atoms with E-state index in [1.807, 2.05) is 6.07 Å². The first-order chi connectivity index (χ1) is 33.5. The highest BCUT2D eigenvalue weighted by molar-refractivity contribution is 5.93. The molecule has 1 aromatic carbocycles. The van der Waals surface area contributed by atoms with E-state index in [4.69, 9.17) is 4.74 Å². The Morgan fingerprint density at radius 2 is 1.59 bits per heavy atom. The molecule has 3 aliphatic rings. The molecule has 382 valence electrons. The van der Waals surface area contributed by atoms with Crippen LogP contribution in [0.3, 0.4) is 0 Å². The van der Waals surface area contributed by atoms with Crippen LogP contribution in [-0.4, -0.2) is 149 Å². The summed E-state index contributed by atoms with van der Waals surface area (Å²) in [6, 6.07) is 5.64. The zero-order valence-corrected chi connectivity index (χ0v) is 40.6. The highest BCUT2D eigenvalue weighted by atomic mass is 19.4. The van der Waals surface area contributed by atoms with E-state index in [2.05, 4.69) is 67.3 Å². The molecule has 0 radical (unpaired) electrons. The molecule has 3 aromatic rings. The van der Waals surface area contributed by atoms with Crippen LogP contribution >= 0.6 is 0 Å². The summed E-state index contributed by atoms with van der Waals surface area (Å²) in [6.07, 6.45) is 5.14. The first-order valence-electron chi connectivity index (χ1n) is 24.5. The topological polar surface area (TPSA) is 220 Å². The van der Waals surface area contributed by atoms with Gasteiger partial charge in [0.2, 0.25) is 35.4 Å². The average molecular weight is 980 g/mol. The van der Waals surface area contributed by atoms with E-state index in [0.717, 1.165) is 24.1 Å². The molecule has 1 aliphatic carbocycles. The summed E-state index contributed by atoms with van der Waals surface area (Å²) >= 11 is 0. The quantitative estimate of drug-likeness (QED) is 0.0802. The number of hydrogen-bond acceptors (Lipinski definition) is 12. The maximum Gasteiger partial charge on any atom is 0.416 e. The normalized spacial score (nSPS) is 21.7. The Hall–Kier alpha value is -5.96. The SMILES string of the molecule is CC(C)N(C)[C@@H]1CC[C@H](N2CC[C@H](Nc3ncnc4ccc(C(F)(F)F)cc34)C2=O)[C@H](NC(=O)CCCNC(=O)CCCC(=O)NCCCOCCCNC(=O)[C@@H]2CC(=O)N(C)[C@H]2c2cccnc2)C1. The summed E-state index contributed by atoms with van der Waals surface area (Å²) in [5.41, 5.74) is 0.303. The van der Waals surface area contributed by atoms with Gasteiger partial charge in [0.15, 0.2) is 0 Å². The van der Waals surface area contributed by atoms with E-state index in [1.165, 1.54) is 12.4 Å². The molecule has 4 heterocycles. The van der Waals surface area contributed by atoms with Crippen LogP contribution in [0.1, 0.15) is 108 Å². The number of fused-ring (bicyclic) bond motifs is 1. The molecule has 2 saturated heterocycles. The second-order valence-corrected chi connectivity index (χ2v) is 18.8. The Balaban J connectivity index is 0.838. The summed E-state index contributed by atoms with van der Waals surface area (Å²) in [5.74, 6) is -1.39. The molecule has 18 nitrogen and oxygen atoms in total. The molecule has 70 heavy (non-hydrogen) atoms. The molecule has 5 N–H and O–H groups in total. The lowest BCUT2D eigenvalue weighted by Gasteiger charge is -2.44. The van der Waals surface area contributed by atoms with E-state index in [-0.39, 0.29) is 109 Å². The van der Waals surface area contributed by atoms with Crippen LogP contribution in [0.2, 0.25) is 0 Å². The second kappa shape index (κ2) is 25.2. The number of carbonyl (C=O) groups is 6. The lowest BCUT2D eigenvalue weighted by molar-refractivity contribution is -0.137. The third-order valence-corrected chi connectivity index (χ3v) is 13.6. The van der Waals surface area contributed by atoms with Gasteiger partial charge in [-0.1, -0.05) is 6.07 Å². The van der Waals surface area contributed by atoms with Crippen LogP contribution < -0.4 is 26.6 Å². The van der Waals surface area contributed by atoms with Gasteiger partial charge in [0.25, 0.3) is 0 Å². The fourth-order valence-electron chi connectivity index (χ4n) is 9.61. The number of likely N-dealkylation sites (tertiary alicyclic amines) is 2. The van der Waals surface area contributed by atoms with Crippen molar-refractivity contribution in [3.63, 3.8) is 0 Å². The van der Waals surface area contributed by atoms with Crippen molar-refractivity contribution in [1.82, 2.24) is 50.9 Å². The number of nitrogens with one attached hydrogen (secondary N) is 5. The number of aromatic nitrogens is 3. The number of nitrogens with zero attached hydrogens (tertiary/aromatic N) is 6. The van der Waals surface area contributed by atoms with Crippen LogP contribution in [0.4, 0.5) is 19.0 Å². The number of rotatable bonds is 24. The van der Waals surface area contributed by atoms with Crippen molar-refractivity contribution >= 4 is 52.2 Å². The van der Waals surface area contributed by atoms with E-state index in [1.54, 1.807) is 35.3 Å². The van der Waals surface area contributed by atoms with Gasteiger partial charge < -0.3 is 46.0 Å². The molecular formula is C49H68F3N11O7. The van der Waals surface area contributed by atoms with E-state index >= 15 is 0 Å². The molecule has 2 aromatic heterocycles. The minimum Gasteiger partial charge on any atom is -0.381 e. The largest absolute Gasteiger partial charge is 0.416 e. The molecule has 6 atom stereocenters. The zero-order chi connectivity index (χ0) is 50.4. The smallest absolute Gasteiger partial charge is 0.381 e. The molecule has 0 unspecified atom stereocenters. The van der Waals surface area contributed by atoms with Crippen molar-refractivity contribution in [3.05, 3.63) is 60.2 Å². The number of benzene rings is 1. The highest BCUT2D eigenvalue weighted by Gasteiger charge is 2.44. The van der Waals surface area contributed by atoms with Gasteiger partial charge in [0, 0.05) is 102 Å². The van der Waals surface area contributed by atoms with Crippen LogP contribution in [-0.2, 0) is 39.7 Å². The molecule has 2 aliphatic heterocycles. The predicted molar refractivity (Wildman–Crippen MR) is 255 cm³/mol. The van der Waals surface area contributed by atoms with Crippen LogP contribution in [0.25, 0.3) is 10.9 Å². The number of carbonyl (C=O) groups excluding carboxylic acids is 6. The maximum absolute atomic E-state index is 13.9. The summed E-state index contributed by atoms with van der Waals surface area (Å²) in [7, 11) is 3.75. The Kier molecular flexibility index (Phi) is 19.3. The summed E-state index contributed by atoms with van der Waals surface area (Å²) in [5, 5.41) is 15.0. The summed E-state index contributed by atoms with van der Waals surface area (Å²) in [4.78, 5) is 95.6. The zero-order valence-electron chi connectivity index (χ0n) is 40.6. The number of anilines is 1. The van der Waals surface area contributed by atoms with Gasteiger partial charge in [-0.05, 0) is 102 Å². The number of hydrogen-bond donors (Lipinski definition) is 5. The molecule has 6 amide bonds. The van der Waals surface area contributed by atoms with Crippen LogP contribution in [0, 0.1) is 5.92 Å². The van der Waals surface area contributed by atoms with Gasteiger partial charge >= 0.3 is 6.18 Å². The van der Waals surface area contributed by atoms with Crippen LogP contribution in [0.5, 0.6) is 0 Å². The summed E-state index contributed by atoms with van der Waals surface area (Å²) in [6.45, 7) is 6.59. The first kappa shape index (κ1) is 53.4. The van der Waals surface area contributed by atoms with Crippen molar-refractivity contribution in [2.24, 2.45) is 5.92 Å². The average Bonchev–Trinajstić information content (AvgIpc) is 3.85. The maximum atomic E-state index is 13.9. The molecular weight excluding hydrogens is 912 g/mol. The Labute approximate surface area is 407 Å². The highest BCUT2D eigenvalue weighted by Crippen LogP contribution is 2.37. The molecule has 1 saturated carbocycles. The molecule has 0 bridgehead atoms. The predicted octanol–water partition coefficient (Wildman–Crippen LogP) is 4.12. The number of pyridine rings is 1. The van der Waals surface area contributed by atoms with Gasteiger partial charge in [-0.2, -0.15) is 13.2 Å². The Morgan fingerprint density at radius 3 is 2.27 bits per heavy atom. The number of halogens is 3. The lowest BCUT2D eigenvalue weighted by atomic mass is 9.84. The second-order valence-electron chi connectivity index (χ2n) is 18.8. The number of alkyl halides is 3. The van der Waals surface area contributed by atoms with Crippen molar-refractivity contribution in [2.45, 2.75) is 133 Å². The summed E-state index contributed by atoms with van der Waals surface area (Å²) < 4.78 is 46.3. The van der Waals surface area contributed by atoms with Crippen molar-refractivity contribution in [2.75, 3.05) is 58.8 Å². The minimum atomic E-state index is -4.56. The fourth-order valence-corrected chi connectivity index (χ4v) is 9.61. The Bertz CT molecular complexity index is 2270. The first-order valence-corrected chi connectivity index (χ1v) is 24.5. The van der Waals surface area contributed by atoms with Gasteiger partial charge in [-0.3, -0.25) is 33.8 Å². The van der Waals surface area contributed by atoms with Gasteiger partial charge in [0.05, 0.1) is 35.1 Å². The molecule has 3 fully saturated rings. The molecule has 21 heteroatoms. The molecule has 0 spiro atoms. The molecule has 6 rings (SSSR count). The van der Waals surface area contributed by atoms with Crippen molar-refractivity contribution in [1.29, 1.82) is 0 Å². The van der Waals surface area contributed by atoms with Crippen LogP contribution in [0.15, 0.2) is 49.1 Å². The lowest BCUT2D eigenvalue weighted by Crippen LogP contribution is -2.58. The fraction of sp³-hybridized carbons (Fsp3) is 0.612. The minimum absolute atomic E-state index is 0.0827. The standard InChI is InChI=1S/C49H68F3N11O7/c1-31(2)61(3)34-15-17-40(63-23-18-38(48(63)69)60-46-35-26-33(49(50,51)52)14-16-37(35)57-30-58-46)39(27-34)59-43(66)13-7-20-54-41(64)11-5-12-42(65)55-21-8-24-70-25-9-22-56-47(68)36-28-44(67)62(4)45(36)32-10-6-19-53-29-32/h6,10,14,16,19,26,29-31,34,36,38-40,45H,5,7-9,11-13,15,17-18,20-25,27-28H2,1-4H3,(H,54,64)(H,55,65)(H,56,68)(H,59,66)(H,57,58,60)/t34-,36-,38+,39-,40+,45+/m1/s1. The third-order valence-electron chi connectivity index (χ3n) is 13.6. The Morgan fingerprint density at radius 1 is 0.886 bits per heavy atom. The van der Waals surface area contributed by atoms with Crippen molar-refractivity contribution in [3.8, 4) is 0 Å². The number of ether oxygens (including phenoxy) is 1. The van der Waals surface area contributed by atoms with E-state index in [9.17, 15) is 41.9 Å².